The van der Waals surface area contributed by atoms with Crippen molar-refractivity contribution in [2.45, 2.75) is 26.2 Å². The lowest BCUT2D eigenvalue weighted by Crippen LogP contribution is -2.37. The van der Waals surface area contributed by atoms with Gasteiger partial charge in [0.15, 0.2) is 0 Å². The summed E-state index contributed by atoms with van der Waals surface area (Å²) >= 11 is 0. The highest BCUT2D eigenvalue weighted by atomic mass is 16.7. The molecule has 0 radical (unpaired) electrons. The van der Waals surface area contributed by atoms with Crippen LogP contribution in [0.2, 0.25) is 0 Å². The van der Waals surface area contributed by atoms with Crippen molar-refractivity contribution in [3.05, 3.63) is 0 Å². The first-order valence-corrected chi connectivity index (χ1v) is 5.71. The highest BCUT2D eigenvalue weighted by Crippen LogP contribution is 2.05. The van der Waals surface area contributed by atoms with Gasteiger partial charge in [0.2, 0.25) is 0 Å². The summed E-state index contributed by atoms with van der Waals surface area (Å²) in [5.41, 5.74) is 2.36. The molecule has 5 nitrogen and oxygen atoms in total. The van der Waals surface area contributed by atoms with Gasteiger partial charge in [0.05, 0.1) is 6.61 Å². The van der Waals surface area contributed by atoms with Crippen LogP contribution in [0.3, 0.4) is 0 Å². The Morgan fingerprint density at radius 2 is 2.13 bits per heavy atom. The Bertz CT molecular complexity index is 182. The highest BCUT2D eigenvalue weighted by Gasteiger charge is 2.10. The zero-order chi connectivity index (χ0) is 10.9. The van der Waals surface area contributed by atoms with Crippen LogP contribution in [0.15, 0.2) is 0 Å². The molecule has 0 saturated carbocycles. The Balaban J connectivity index is 1.89. The molecule has 1 rings (SSSR count). The first-order valence-electron chi connectivity index (χ1n) is 5.71. The number of amides is 2. The Morgan fingerprint density at radius 3 is 2.80 bits per heavy atom. The van der Waals surface area contributed by atoms with Crippen LogP contribution in [0.5, 0.6) is 0 Å². The predicted molar refractivity (Wildman–Crippen MR) is 58.5 cm³/mol. The third kappa shape index (κ3) is 5.59. The molecule has 2 N–H and O–H groups in total. The number of hydrogen-bond acceptors (Lipinski definition) is 3. The van der Waals surface area contributed by atoms with E-state index in [1.807, 2.05) is 6.92 Å². The quantitative estimate of drug-likeness (QED) is 0.507. The monoisotopic (exact) mass is 215 g/mol. The number of nitrogens with zero attached hydrogens (tertiary/aromatic N) is 1. The van der Waals surface area contributed by atoms with E-state index in [9.17, 15) is 4.79 Å². The van der Waals surface area contributed by atoms with Crippen molar-refractivity contribution in [1.29, 1.82) is 0 Å². The zero-order valence-electron chi connectivity index (χ0n) is 9.42. The van der Waals surface area contributed by atoms with Crippen molar-refractivity contribution in [2.24, 2.45) is 0 Å². The molecule has 2 amide bonds. The summed E-state index contributed by atoms with van der Waals surface area (Å²) in [5, 5.41) is 2.67. The lowest BCUT2D eigenvalue weighted by atomic mass is 10.4. The molecule has 0 aromatic rings. The second-order valence-corrected chi connectivity index (χ2v) is 3.76. The topological polar surface area (TPSA) is 53.6 Å². The van der Waals surface area contributed by atoms with E-state index in [0.717, 1.165) is 26.1 Å². The third-order valence-electron chi connectivity index (χ3n) is 2.41. The standard InChI is InChI=1S/C10H21N3O2/c1-2-5-11-10(14)12-15-9-8-13-6-3-4-7-13/h2-9H2,1H3,(H2,11,12,14). The minimum Gasteiger partial charge on any atom is -0.336 e. The molecule has 0 spiro atoms. The minimum atomic E-state index is -0.252. The molecule has 1 fully saturated rings. The summed E-state index contributed by atoms with van der Waals surface area (Å²) in [7, 11) is 0. The summed E-state index contributed by atoms with van der Waals surface area (Å²) in [4.78, 5) is 18.4. The zero-order valence-corrected chi connectivity index (χ0v) is 9.42. The predicted octanol–water partition coefficient (Wildman–Crippen LogP) is 0.723. The number of hydrogen-bond donors (Lipinski definition) is 2. The number of likely N-dealkylation sites (tertiary alicyclic amines) is 1. The highest BCUT2D eigenvalue weighted by molar-refractivity contribution is 5.72. The van der Waals surface area contributed by atoms with E-state index in [2.05, 4.69) is 15.7 Å². The lowest BCUT2D eigenvalue weighted by Gasteiger charge is -2.14. The smallest absolute Gasteiger partial charge is 0.336 e. The van der Waals surface area contributed by atoms with Gasteiger partial charge in [-0.2, -0.15) is 0 Å². The van der Waals surface area contributed by atoms with Crippen LogP contribution in [0, 0.1) is 0 Å². The maximum Gasteiger partial charge on any atom is 0.338 e. The van der Waals surface area contributed by atoms with Gasteiger partial charge >= 0.3 is 6.03 Å². The van der Waals surface area contributed by atoms with E-state index in [0.29, 0.717) is 13.2 Å². The van der Waals surface area contributed by atoms with E-state index in [1.165, 1.54) is 12.8 Å². The van der Waals surface area contributed by atoms with Gasteiger partial charge in [-0.3, -0.25) is 4.84 Å². The molecule has 0 aliphatic carbocycles. The van der Waals surface area contributed by atoms with E-state index in [-0.39, 0.29) is 6.03 Å². The molecule has 0 unspecified atom stereocenters. The fourth-order valence-corrected chi connectivity index (χ4v) is 1.57. The Hall–Kier alpha value is -0.810. The number of nitrogens with one attached hydrogen (secondary N) is 2. The van der Waals surface area contributed by atoms with Gasteiger partial charge in [0.25, 0.3) is 0 Å². The van der Waals surface area contributed by atoms with Gasteiger partial charge in [-0.05, 0) is 32.4 Å². The van der Waals surface area contributed by atoms with Crippen molar-refractivity contribution < 1.29 is 9.63 Å². The largest absolute Gasteiger partial charge is 0.338 e. The number of urea groups is 1. The number of carbonyl (C=O) groups excluding carboxylic acids is 1. The van der Waals surface area contributed by atoms with Crippen LogP contribution in [0.1, 0.15) is 26.2 Å². The van der Waals surface area contributed by atoms with E-state index >= 15 is 0 Å². The molecule has 1 heterocycles. The van der Waals surface area contributed by atoms with Gasteiger partial charge in [0, 0.05) is 13.1 Å². The SMILES string of the molecule is CCCNC(=O)NOCCN1CCCC1. The fraction of sp³-hybridized carbons (Fsp3) is 0.900. The molecule has 1 saturated heterocycles. The molecular weight excluding hydrogens is 194 g/mol. The average Bonchev–Trinajstić information content (AvgIpc) is 2.74. The number of hydroxylamine groups is 1. The van der Waals surface area contributed by atoms with Crippen molar-refractivity contribution in [2.75, 3.05) is 32.8 Å². The second kappa shape index (κ2) is 7.48. The van der Waals surface area contributed by atoms with Gasteiger partial charge < -0.3 is 10.2 Å². The van der Waals surface area contributed by atoms with Crippen molar-refractivity contribution in [1.82, 2.24) is 15.7 Å². The summed E-state index contributed by atoms with van der Waals surface area (Å²) in [6, 6.07) is -0.252. The van der Waals surface area contributed by atoms with Crippen molar-refractivity contribution in [3.8, 4) is 0 Å². The van der Waals surface area contributed by atoms with Crippen LogP contribution < -0.4 is 10.8 Å². The molecule has 0 atom stereocenters. The normalized spacial score (nSPS) is 16.6. The third-order valence-corrected chi connectivity index (χ3v) is 2.41. The summed E-state index contributed by atoms with van der Waals surface area (Å²) < 4.78 is 0. The molecule has 88 valence electrons. The maximum absolute atomic E-state index is 11.0. The molecule has 0 aromatic heterocycles. The molecule has 0 bridgehead atoms. The maximum atomic E-state index is 11.0. The van der Waals surface area contributed by atoms with Crippen molar-refractivity contribution in [3.63, 3.8) is 0 Å². The van der Waals surface area contributed by atoms with Gasteiger partial charge in [-0.15, -0.1) is 0 Å². The first-order chi connectivity index (χ1) is 7.33. The summed E-state index contributed by atoms with van der Waals surface area (Å²) in [5.74, 6) is 0. The van der Waals surface area contributed by atoms with Crippen LogP contribution >= 0.6 is 0 Å². The molecule has 1 aliphatic heterocycles. The first kappa shape index (κ1) is 12.3. The summed E-state index contributed by atoms with van der Waals surface area (Å²) in [6.45, 7) is 6.46. The second-order valence-electron chi connectivity index (χ2n) is 3.76. The lowest BCUT2D eigenvalue weighted by molar-refractivity contribution is 0.0486. The van der Waals surface area contributed by atoms with Gasteiger partial charge in [0.1, 0.15) is 0 Å². The van der Waals surface area contributed by atoms with Crippen molar-refractivity contribution >= 4 is 6.03 Å². The van der Waals surface area contributed by atoms with Crippen LogP contribution in [0.4, 0.5) is 4.79 Å². The van der Waals surface area contributed by atoms with Gasteiger partial charge in [-0.1, -0.05) is 6.92 Å². The van der Waals surface area contributed by atoms with Crippen LogP contribution in [-0.2, 0) is 4.84 Å². The fourth-order valence-electron chi connectivity index (χ4n) is 1.57. The number of rotatable bonds is 6. The Labute approximate surface area is 91.1 Å². The van der Waals surface area contributed by atoms with Crippen LogP contribution in [0.25, 0.3) is 0 Å². The molecule has 15 heavy (non-hydrogen) atoms. The number of carbonyl (C=O) groups is 1. The average molecular weight is 215 g/mol. The van der Waals surface area contributed by atoms with E-state index < -0.39 is 0 Å². The van der Waals surface area contributed by atoms with E-state index in [1.54, 1.807) is 0 Å². The minimum absolute atomic E-state index is 0.252. The molecule has 1 aliphatic rings. The van der Waals surface area contributed by atoms with E-state index in [4.69, 9.17) is 4.84 Å². The Kier molecular flexibility index (Phi) is 6.11. The van der Waals surface area contributed by atoms with Crippen LogP contribution in [-0.4, -0.2) is 43.7 Å². The Morgan fingerprint density at radius 1 is 1.40 bits per heavy atom. The molecule has 0 aromatic carbocycles. The van der Waals surface area contributed by atoms with Gasteiger partial charge in [-0.25, -0.2) is 10.3 Å². The molecule has 5 heteroatoms. The molecular formula is C10H21N3O2. The summed E-state index contributed by atoms with van der Waals surface area (Å²) in [6.07, 6.45) is 3.50.